The van der Waals surface area contributed by atoms with Crippen molar-refractivity contribution in [3.05, 3.63) is 66.5 Å². The Morgan fingerprint density at radius 2 is 1.59 bits per heavy atom. The highest BCUT2D eigenvalue weighted by atomic mass is 16.5. The highest BCUT2D eigenvalue weighted by Crippen LogP contribution is 2.22. The van der Waals surface area contributed by atoms with Crippen molar-refractivity contribution in [2.45, 2.75) is 6.92 Å². The summed E-state index contributed by atoms with van der Waals surface area (Å²) in [6.45, 7) is 4.55. The molecule has 4 amide bonds. The van der Waals surface area contributed by atoms with Gasteiger partial charge >= 0.3 is 12.1 Å². The third-order valence-electron chi connectivity index (χ3n) is 5.50. The Bertz CT molecular complexity index is 1150. The quantitative estimate of drug-likeness (QED) is 0.533. The van der Waals surface area contributed by atoms with Crippen molar-refractivity contribution in [3.8, 4) is 5.88 Å². The molecule has 0 saturated carbocycles. The first-order valence-electron chi connectivity index (χ1n) is 10.9. The van der Waals surface area contributed by atoms with E-state index in [9.17, 15) is 9.59 Å². The maximum absolute atomic E-state index is 12.6. The molecule has 1 aliphatic rings. The van der Waals surface area contributed by atoms with Crippen LogP contribution in [-0.2, 0) is 0 Å². The second-order valence-electron chi connectivity index (χ2n) is 7.76. The molecule has 1 aliphatic heterocycles. The summed E-state index contributed by atoms with van der Waals surface area (Å²) in [6.07, 6.45) is 3.26. The van der Waals surface area contributed by atoms with E-state index in [1.54, 1.807) is 29.4 Å². The van der Waals surface area contributed by atoms with Crippen LogP contribution in [0.1, 0.15) is 5.56 Å². The van der Waals surface area contributed by atoms with Gasteiger partial charge in [0.15, 0.2) is 0 Å². The lowest BCUT2D eigenvalue weighted by atomic mass is 10.2. The van der Waals surface area contributed by atoms with E-state index in [1.807, 2.05) is 43.3 Å². The zero-order valence-corrected chi connectivity index (χ0v) is 19.1. The highest BCUT2D eigenvalue weighted by molar-refractivity contribution is 6.00. The number of piperazine rings is 1. The molecule has 0 aliphatic carbocycles. The zero-order chi connectivity index (χ0) is 23.9. The van der Waals surface area contributed by atoms with Crippen LogP contribution in [0.3, 0.4) is 0 Å². The van der Waals surface area contributed by atoms with E-state index in [0.29, 0.717) is 49.3 Å². The summed E-state index contributed by atoms with van der Waals surface area (Å²) in [7, 11) is 1.50. The number of carbonyl (C=O) groups excluding carboxylic acids is 2. The Hall–Kier alpha value is -4.34. The number of aromatic nitrogens is 2. The minimum Gasteiger partial charge on any atom is -0.480 e. The number of nitrogens with zero attached hydrogens (tertiary/aromatic N) is 4. The molecule has 1 aromatic carbocycles. The van der Waals surface area contributed by atoms with Crippen LogP contribution in [0.25, 0.3) is 0 Å². The van der Waals surface area contributed by atoms with Crippen LogP contribution in [0, 0.1) is 6.92 Å². The average Bonchev–Trinajstić information content (AvgIpc) is 2.86. The number of ether oxygens (including phenoxy) is 1. The first-order valence-corrected chi connectivity index (χ1v) is 10.9. The summed E-state index contributed by atoms with van der Waals surface area (Å²) in [6, 6.07) is 14.3. The number of amides is 4. The van der Waals surface area contributed by atoms with E-state index in [1.165, 1.54) is 7.11 Å². The highest BCUT2D eigenvalue weighted by Gasteiger charge is 2.22. The van der Waals surface area contributed by atoms with Gasteiger partial charge in [-0.2, -0.15) is 0 Å². The standard InChI is InChI=1S/C24H27N7O3/c1-17-5-3-11-25-21(17)29-24(33)31-15-13-30(14-16-31)19-9-7-18(8-10-19)27-23(32)28-20-6-4-12-26-22(20)34-2/h3-12H,13-16H2,1-2H3,(H,25,29,33)(H2,27,28,32). The number of hydrogen-bond acceptors (Lipinski definition) is 6. The van der Waals surface area contributed by atoms with Crippen molar-refractivity contribution < 1.29 is 14.3 Å². The molecule has 10 heteroatoms. The van der Waals surface area contributed by atoms with E-state index < -0.39 is 0 Å². The van der Waals surface area contributed by atoms with Gasteiger partial charge in [0.25, 0.3) is 0 Å². The van der Waals surface area contributed by atoms with Gasteiger partial charge < -0.3 is 25.2 Å². The summed E-state index contributed by atoms with van der Waals surface area (Å²) in [5, 5.41) is 8.41. The van der Waals surface area contributed by atoms with Gasteiger partial charge in [0.2, 0.25) is 5.88 Å². The van der Waals surface area contributed by atoms with Gasteiger partial charge in [-0.3, -0.25) is 5.32 Å². The molecule has 3 aromatic rings. The van der Waals surface area contributed by atoms with Crippen LogP contribution < -0.4 is 25.6 Å². The van der Waals surface area contributed by atoms with E-state index in [4.69, 9.17) is 4.74 Å². The second kappa shape index (κ2) is 10.5. The average molecular weight is 462 g/mol. The fourth-order valence-corrected chi connectivity index (χ4v) is 3.65. The SMILES string of the molecule is COc1ncccc1NC(=O)Nc1ccc(N2CCN(C(=O)Nc3ncccc3C)CC2)cc1. The Kier molecular flexibility index (Phi) is 7.07. The predicted molar refractivity (Wildman–Crippen MR) is 132 cm³/mol. The number of benzene rings is 1. The van der Waals surface area contributed by atoms with Crippen molar-refractivity contribution in [2.75, 3.05) is 54.1 Å². The van der Waals surface area contributed by atoms with Crippen LogP contribution in [0.4, 0.5) is 32.5 Å². The van der Waals surface area contributed by atoms with Crippen molar-refractivity contribution in [3.63, 3.8) is 0 Å². The van der Waals surface area contributed by atoms with E-state index in [0.717, 1.165) is 11.3 Å². The molecule has 2 aromatic heterocycles. The van der Waals surface area contributed by atoms with Gasteiger partial charge in [0.1, 0.15) is 11.5 Å². The molecule has 0 atom stereocenters. The number of hydrogen-bond donors (Lipinski definition) is 3. The predicted octanol–water partition coefficient (Wildman–Crippen LogP) is 3.79. The molecule has 0 unspecified atom stereocenters. The lowest BCUT2D eigenvalue weighted by Gasteiger charge is -2.36. The van der Waals surface area contributed by atoms with Crippen LogP contribution in [0.2, 0.25) is 0 Å². The molecular formula is C24H27N7O3. The van der Waals surface area contributed by atoms with Crippen molar-refractivity contribution >= 4 is 34.9 Å². The Balaban J connectivity index is 1.28. The Labute approximate surface area is 198 Å². The summed E-state index contributed by atoms with van der Waals surface area (Å²) >= 11 is 0. The summed E-state index contributed by atoms with van der Waals surface area (Å²) in [5.74, 6) is 0.931. The fraction of sp³-hybridized carbons (Fsp3) is 0.250. The van der Waals surface area contributed by atoms with Crippen LogP contribution >= 0.6 is 0 Å². The summed E-state index contributed by atoms with van der Waals surface area (Å²) < 4.78 is 5.15. The number of methoxy groups -OCH3 is 1. The van der Waals surface area contributed by atoms with Gasteiger partial charge in [0.05, 0.1) is 7.11 Å². The first kappa shape index (κ1) is 22.8. The number of pyridine rings is 2. The molecule has 0 radical (unpaired) electrons. The number of nitrogens with one attached hydrogen (secondary N) is 3. The van der Waals surface area contributed by atoms with E-state index in [2.05, 4.69) is 30.8 Å². The Morgan fingerprint density at radius 3 is 2.29 bits per heavy atom. The number of rotatable bonds is 5. The third-order valence-corrected chi connectivity index (χ3v) is 5.50. The Morgan fingerprint density at radius 1 is 0.882 bits per heavy atom. The molecule has 176 valence electrons. The fourth-order valence-electron chi connectivity index (χ4n) is 3.65. The van der Waals surface area contributed by atoms with Crippen LogP contribution in [0.5, 0.6) is 5.88 Å². The lowest BCUT2D eigenvalue weighted by molar-refractivity contribution is 0.208. The minimum absolute atomic E-state index is 0.141. The van der Waals surface area contributed by atoms with Gasteiger partial charge in [-0.1, -0.05) is 6.07 Å². The lowest BCUT2D eigenvalue weighted by Crippen LogP contribution is -2.50. The van der Waals surface area contributed by atoms with Gasteiger partial charge in [-0.05, 0) is 55.0 Å². The largest absolute Gasteiger partial charge is 0.480 e. The van der Waals surface area contributed by atoms with Gasteiger partial charge in [-0.15, -0.1) is 0 Å². The van der Waals surface area contributed by atoms with Gasteiger partial charge in [-0.25, -0.2) is 19.6 Å². The number of carbonyl (C=O) groups is 2. The summed E-state index contributed by atoms with van der Waals surface area (Å²) in [4.78, 5) is 37.2. The van der Waals surface area contributed by atoms with Crippen molar-refractivity contribution in [2.24, 2.45) is 0 Å². The normalized spacial score (nSPS) is 13.2. The monoisotopic (exact) mass is 461 g/mol. The molecule has 0 spiro atoms. The molecule has 3 N–H and O–H groups in total. The summed E-state index contributed by atoms with van der Waals surface area (Å²) in [5.41, 5.74) is 3.10. The molecular weight excluding hydrogens is 434 g/mol. The first-order chi connectivity index (χ1) is 16.5. The topological polar surface area (TPSA) is 112 Å². The van der Waals surface area contributed by atoms with Gasteiger partial charge in [0, 0.05) is 49.9 Å². The molecule has 3 heterocycles. The second-order valence-corrected chi connectivity index (χ2v) is 7.76. The number of urea groups is 2. The van der Waals surface area contributed by atoms with E-state index >= 15 is 0 Å². The minimum atomic E-state index is -0.387. The van der Waals surface area contributed by atoms with Crippen molar-refractivity contribution in [1.82, 2.24) is 14.9 Å². The third kappa shape index (κ3) is 5.52. The molecule has 1 saturated heterocycles. The maximum atomic E-state index is 12.6. The van der Waals surface area contributed by atoms with Crippen molar-refractivity contribution in [1.29, 1.82) is 0 Å². The molecule has 0 bridgehead atoms. The number of aryl methyl sites for hydroxylation is 1. The van der Waals surface area contributed by atoms with Crippen LogP contribution in [-0.4, -0.2) is 60.2 Å². The molecule has 34 heavy (non-hydrogen) atoms. The van der Waals surface area contributed by atoms with E-state index in [-0.39, 0.29) is 12.1 Å². The molecule has 4 rings (SSSR count). The molecule has 10 nitrogen and oxygen atoms in total. The number of anilines is 4. The maximum Gasteiger partial charge on any atom is 0.323 e. The smallest absolute Gasteiger partial charge is 0.323 e. The molecule has 1 fully saturated rings. The van der Waals surface area contributed by atoms with Crippen LogP contribution in [0.15, 0.2) is 60.9 Å². The zero-order valence-electron chi connectivity index (χ0n) is 19.1.